The van der Waals surface area contributed by atoms with E-state index in [1.165, 1.54) is 30.5 Å². The summed E-state index contributed by atoms with van der Waals surface area (Å²) in [4.78, 5) is 2.67. The highest BCUT2D eigenvalue weighted by atomic mass is 16.7. The van der Waals surface area contributed by atoms with Crippen LogP contribution in [0, 0.1) is 5.92 Å². The Bertz CT molecular complexity index is 639. The van der Waals surface area contributed by atoms with Gasteiger partial charge in [-0.15, -0.1) is 0 Å². The van der Waals surface area contributed by atoms with Crippen molar-refractivity contribution in [2.45, 2.75) is 70.7 Å². The fourth-order valence-corrected chi connectivity index (χ4v) is 4.50. The standard InChI is InChI=1S/C21H30BNO2/c1-20(2)21(3,4)25-22(24-20)13-17-10-18-12-19(11-17)23(15-18)14-16-8-6-5-7-9-16/h5-9,13,18-19H,10-12,14-15H2,1-4H3/b17-13+. The van der Waals surface area contributed by atoms with Gasteiger partial charge in [0.15, 0.2) is 0 Å². The van der Waals surface area contributed by atoms with Crippen LogP contribution in [0.3, 0.4) is 0 Å². The summed E-state index contributed by atoms with van der Waals surface area (Å²) in [7, 11) is -0.194. The third-order valence-corrected chi connectivity index (χ3v) is 6.53. The molecule has 3 fully saturated rings. The molecule has 0 spiro atoms. The zero-order valence-electron chi connectivity index (χ0n) is 16.0. The fraction of sp³-hybridized carbons (Fsp3) is 0.619. The topological polar surface area (TPSA) is 21.7 Å². The summed E-state index contributed by atoms with van der Waals surface area (Å²) in [5.41, 5.74) is 2.45. The Labute approximate surface area is 152 Å². The van der Waals surface area contributed by atoms with Crippen LogP contribution in [0.4, 0.5) is 0 Å². The molecule has 2 bridgehead atoms. The Kier molecular flexibility index (Phi) is 4.34. The van der Waals surface area contributed by atoms with Crippen LogP contribution in [0.5, 0.6) is 0 Å². The number of benzene rings is 1. The Morgan fingerprint density at radius 1 is 1.08 bits per heavy atom. The van der Waals surface area contributed by atoms with Gasteiger partial charge in [0.25, 0.3) is 0 Å². The van der Waals surface area contributed by atoms with Gasteiger partial charge in [0, 0.05) is 19.1 Å². The Balaban J connectivity index is 1.42. The van der Waals surface area contributed by atoms with Crippen LogP contribution in [0.25, 0.3) is 0 Å². The molecule has 0 radical (unpaired) electrons. The normalized spacial score (nSPS) is 32.5. The van der Waals surface area contributed by atoms with Gasteiger partial charge < -0.3 is 9.31 Å². The largest absolute Gasteiger partial charge is 0.487 e. The lowest BCUT2D eigenvalue weighted by molar-refractivity contribution is 0.00578. The summed E-state index contributed by atoms with van der Waals surface area (Å²) in [6, 6.07) is 11.5. The molecule has 2 atom stereocenters. The molecule has 134 valence electrons. The van der Waals surface area contributed by atoms with Crippen molar-refractivity contribution in [3.63, 3.8) is 0 Å². The number of nitrogens with zero attached hydrogens (tertiary/aromatic N) is 1. The van der Waals surface area contributed by atoms with Gasteiger partial charge in [-0.1, -0.05) is 41.9 Å². The van der Waals surface area contributed by atoms with E-state index in [0.29, 0.717) is 6.04 Å². The van der Waals surface area contributed by atoms with Crippen LogP contribution >= 0.6 is 0 Å². The van der Waals surface area contributed by atoms with Gasteiger partial charge in [-0.2, -0.15) is 0 Å². The number of rotatable bonds is 3. The Morgan fingerprint density at radius 2 is 1.76 bits per heavy atom. The lowest BCUT2D eigenvalue weighted by atomic mass is 9.78. The maximum atomic E-state index is 6.17. The summed E-state index contributed by atoms with van der Waals surface area (Å²) in [5, 5.41) is 0. The molecule has 25 heavy (non-hydrogen) atoms. The maximum Gasteiger partial charge on any atom is 0.487 e. The van der Waals surface area contributed by atoms with Crippen LogP contribution in [-0.2, 0) is 15.9 Å². The van der Waals surface area contributed by atoms with Crippen molar-refractivity contribution in [3.8, 4) is 0 Å². The van der Waals surface area contributed by atoms with Gasteiger partial charge in [-0.3, -0.25) is 4.90 Å². The molecule has 0 aromatic heterocycles. The van der Waals surface area contributed by atoms with Crippen molar-refractivity contribution in [3.05, 3.63) is 47.4 Å². The van der Waals surface area contributed by atoms with E-state index in [4.69, 9.17) is 9.31 Å². The first-order valence-corrected chi connectivity index (χ1v) is 9.65. The fourth-order valence-electron chi connectivity index (χ4n) is 4.50. The van der Waals surface area contributed by atoms with E-state index in [-0.39, 0.29) is 18.3 Å². The van der Waals surface area contributed by atoms with E-state index in [9.17, 15) is 0 Å². The van der Waals surface area contributed by atoms with Crippen molar-refractivity contribution >= 4 is 7.12 Å². The van der Waals surface area contributed by atoms with Crippen molar-refractivity contribution in [2.24, 2.45) is 5.92 Å². The molecular formula is C21H30BNO2. The van der Waals surface area contributed by atoms with Crippen LogP contribution in [-0.4, -0.2) is 35.8 Å². The maximum absolute atomic E-state index is 6.17. The Morgan fingerprint density at radius 3 is 2.44 bits per heavy atom. The second-order valence-corrected chi connectivity index (χ2v) is 9.03. The lowest BCUT2D eigenvalue weighted by Gasteiger charge is -2.32. The van der Waals surface area contributed by atoms with E-state index < -0.39 is 0 Å². The molecule has 3 nitrogen and oxygen atoms in total. The van der Waals surface area contributed by atoms with E-state index >= 15 is 0 Å². The monoisotopic (exact) mass is 339 g/mol. The quantitative estimate of drug-likeness (QED) is 0.770. The third kappa shape index (κ3) is 3.44. The van der Waals surface area contributed by atoms with Crippen molar-refractivity contribution in [2.75, 3.05) is 6.54 Å². The number of hydrogen-bond acceptors (Lipinski definition) is 3. The van der Waals surface area contributed by atoms with E-state index in [2.05, 4.69) is 68.9 Å². The summed E-state index contributed by atoms with van der Waals surface area (Å²) in [5.74, 6) is 3.05. The van der Waals surface area contributed by atoms with Gasteiger partial charge in [0.05, 0.1) is 11.2 Å². The average molecular weight is 339 g/mol. The third-order valence-electron chi connectivity index (χ3n) is 6.53. The molecule has 3 aliphatic rings. The highest BCUT2D eigenvalue weighted by Crippen LogP contribution is 2.41. The zero-order chi connectivity index (χ0) is 17.7. The first-order valence-electron chi connectivity index (χ1n) is 9.65. The van der Waals surface area contributed by atoms with Gasteiger partial charge in [0.1, 0.15) is 0 Å². The zero-order valence-corrected chi connectivity index (χ0v) is 16.0. The molecule has 4 rings (SSSR count). The predicted molar refractivity (Wildman–Crippen MR) is 102 cm³/mol. The molecule has 2 saturated heterocycles. The molecule has 2 heterocycles. The summed E-state index contributed by atoms with van der Waals surface area (Å²) >= 11 is 0. The first-order chi connectivity index (χ1) is 11.8. The van der Waals surface area contributed by atoms with Gasteiger partial charge in [0.2, 0.25) is 0 Å². The molecule has 1 aromatic rings. The molecule has 2 unspecified atom stereocenters. The highest BCUT2D eigenvalue weighted by molar-refractivity contribution is 6.51. The van der Waals surface area contributed by atoms with Gasteiger partial charge in [-0.05, 0) is 58.4 Å². The minimum atomic E-state index is -0.248. The highest BCUT2D eigenvalue weighted by Gasteiger charge is 2.50. The minimum absolute atomic E-state index is 0.194. The lowest BCUT2D eigenvalue weighted by Crippen LogP contribution is -2.41. The number of hydrogen-bond donors (Lipinski definition) is 0. The van der Waals surface area contributed by atoms with Crippen LogP contribution in [0.2, 0.25) is 0 Å². The molecule has 0 N–H and O–H groups in total. The second-order valence-electron chi connectivity index (χ2n) is 9.03. The van der Waals surface area contributed by atoms with Crippen molar-refractivity contribution in [1.29, 1.82) is 0 Å². The number of fused-ring (bicyclic) bond motifs is 2. The van der Waals surface area contributed by atoms with Crippen LogP contribution in [0.15, 0.2) is 41.9 Å². The molecule has 0 amide bonds. The second kappa shape index (κ2) is 6.26. The SMILES string of the molecule is CC1(C)OB(/C=C2\CC3CC(C2)N(Cc2ccccc2)C3)OC1(C)C. The number of likely N-dealkylation sites (tertiary alicyclic amines) is 1. The Hall–Kier alpha value is -1.10. The van der Waals surface area contributed by atoms with E-state index in [1.807, 2.05) is 0 Å². The van der Waals surface area contributed by atoms with Gasteiger partial charge in [-0.25, -0.2) is 0 Å². The summed E-state index contributed by atoms with van der Waals surface area (Å²) in [6.45, 7) is 10.8. The molecule has 1 aliphatic carbocycles. The first kappa shape index (κ1) is 17.3. The smallest absolute Gasteiger partial charge is 0.400 e. The van der Waals surface area contributed by atoms with Crippen molar-refractivity contribution < 1.29 is 9.31 Å². The summed E-state index contributed by atoms with van der Waals surface area (Å²) < 4.78 is 12.3. The van der Waals surface area contributed by atoms with Crippen LogP contribution < -0.4 is 0 Å². The molecule has 4 heteroatoms. The van der Waals surface area contributed by atoms with E-state index in [1.54, 1.807) is 0 Å². The predicted octanol–water partition coefficient (Wildman–Crippen LogP) is 4.23. The van der Waals surface area contributed by atoms with Gasteiger partial charge >= 0.3 is 7.12 Å². The van der Waals surface area contributed by atoms with Crippen LogP contribution in [0.1, 0.15) is 52.5 Å². The van der Waals surface area contributed by atoms with Crippen molar-refractivity contribution in [1.82, 2.24) is 4.90 Å². The molecule has 1 aromatic carbocycles. The molecule has 1 saturated carbocycles. The average Bonchev–Trinajstić information content (AvgIpc) is 2.91. The molecule has 2 aliphatic heterocycles. The summed E-state index contributed by atoms with van der Waals surface area (Å²) in [6.07, 6.45) is 3.70. The molecular weight excluding hydrogens is 309 g/mol. The van der Waals surface area contributed by atoms with E-state index in [0.717, 1.165) is 18.9 Å². The minimum Gasteiger partial charge on any atom is -0.400 e.